The van der Waals surface area contributed by atoms with Crippen molar-refractivity contribution < 1.29 is 4.74 Å². The molecule has 1 aliphatic rings. The van der Waals surface area contributed by atoms with Crippen LogP contribution in [0.15, 0.2) is 0 Å². The third kappa shape index (κ3) is 4.49. The lowest BCUT2D eigenvalue weighted by Crippen LogP contribution is -2.34. The molecular weight excluding hydrogens is 188 g/mol. The summed E-state index contributed by atoms with van der Waals surface area (Å²) >= 11 is 0. The van der Waals surface area contributed by atoms with Crippen LogP contribution in [0.1, 0.15) is 26.7 Å². The van der Waals surface area contributed by atoms with E-state index in [2.05, 4.69) is 24.1 Å². The predicted octanol–water partition coefficient (Wildman–Crippen LogP) is 1.34. The van der Waals surface area contributed by atoms with E-state index in [-0.39, 0.29) is 0 Å². The lowest BCUT2D eigenvalue weighted by molar-refractivity contribution is 0.108. The molecule has 1 N–H and O–H groups in total. The zero-order chi connectivity index (χ0) is 11.1. The number of rotatable bonds is 7. The van der Waals surface area contributed by atoms with Crippen LogP contribution in [0.2, 0.25) is 0 Å². The van der Waals surface area contributed by atoms with E-state index >= 15 is 0 Å². The van der Waals surface area contributed by atoms with Gasteiger partial charge in [-0.15, -0.1) is 0 Å². The molecule has 1 fully saturated rings. The zero-order valence-corrected chi connectivity index (χ0v) is 10.5. The summed E-state index contributed by atoms with van der Waals surface area (Å²) in [6, 6.07) is 0. The summed E-state index contributed by atoms with van der Waals surface area (Å²) in [7, 11) is 2.04. The Kier molecular flexibility index (Phi) is 5.58. The molecule has 1 aliphatic heterocycles. The summed E-state index contributed by atoms with van der Waals surface area (Å²) < 4.78 is 5.52. The van der Waals surface area contributed by atoms with E-state index in [4.69, 9.17) is 4.74 Å². The quantitative estimate of drug-likeness (QED) is 0.647. The van der Waals surface area contributed by atoms with Crippen molar-refractivity contribution in [2.45, 2.75) is 26.7 Å². The fourth-order valence-electron chi connectivity index (χ4n) is 2.33. The SMILES string of the molecule is CCCOCCN1CCC(C)(CNC)C1. The summed E-state index contributed by atoms with van der Waals surface area (Å²) in [6.07, 6.45) is 2.43. The van der Waals surface area contributed by atoms with Crippen LogP contribution in [0.25, 0.3) is 0 Å². The van der Waals surface area contributed by atoms with Gasteiger partial charge in [0.25, 0.3) is 0 Å². The highest BCUT2D eigenvalue weighted by molar-refractivity contribution is 4.87. The molecule has 1 unspecified atom stereocenters. The second kappa shape index (κ2) is 6.46. The molecule has 1 saturated heterocycles. The van der Waals surface area contributed by atoms with Crippen LogP contribution in [-0.4, -0.2) is 51.3 Å². The van der Waals surface area contributed by atoms with Crippen LogP contribution in [0.4, 0.5) is 0 Å². The van der Waals surface area contributed by atoms with Crippen LogP contribution >= 0.6 is 0 Å². The number of likely N-dealkylation sites (tertiary alicyclic amines) is 1. The number of nitrogens with zero attached hydrogens (tertiary/aromatic N) is 1. The minimum absolute atomic E-state index is 0.472. The standard InChI is InChI=1S/C12H26N2O/c1-4-8-15-9-7-14-6-5-12(2,11-14)10-13-3/h13H,4-11H2,1-3H3. The Balaban J connectivity index is 2.13. The van der Waals surface area contributed by atoms with Crippen molar-refractivity contribution in [3.05, 3.63) is 0 Å². The van der Waals surface area contributed by atoms with Crippen LogP contribution in [-0.2, 0) is 4.74 Å². The number of hydrogen-bond donors (Lipinski definition) is 1. The summed E-state index contributed by atoms with van der Waals surface area (Å²) in [4.78, 5) is 2.52. The Bertz CT molecular complexity index is 175. The maximum absolute atomic E-state index is 5.52. The van der Waals surface area contributed by atoms with Crippen LogP contribution in [0.3, 0.4) is 0 Å². The Morgan fingerprint density at radius 1 is 1.40 bits per heavy atom. The topological polar surface area (TPSA) is 24.5 Å². The summed E-state index contributed by atoms with van der Waals surface area (Å²) in [6.45, 7) is 11.0. The molecule has 0 aromatic rings. The molecule has 1 rings (SSSR count). The molecular formula is C12H26N2O. The Morgan fingerprint density at radius 3 is 2.87 bits per heavy atom. The highest BCUT2D eigenvalue weighted by atomic mass is 16.5. The van der Waals surface area contributed by atoms with E-state index in [1.807, 2.05) is 7.05 Å². The van der Waals surface area contributed by atoms with Crippen molar-refractivity contribution in [2.24, 2.45) is 5.41 Å². The number of ether oxygens (including phenoxy) is 1. The van der Waals surface area contributed by atoms with Gasteiger partial charge < -0.3 is 15.0 Å². The smallest absolute Gasteiger partial charge is 0.0593 e. The molecule has 3 heteroatoms. The molecule has 1 heterocycles. The van der Waals surface area contributed by atoms with E-state index in [1.54, 1.807) is 0 Å². The lowest BCUT2D eigenvalue weighted by Gasteiger charge is -2.24. The van der Waals surface area contributed by atoms with Crippen molar-refractivity contribution >= 4 is 0 Å². The molecule has 0 spiro atoms. The summed E-state index contributed by atoms with van der Waals surface area (Å²) in [5.74, 6) is 0. The van der Waals surface area contributed by atoms with E-state index < -0.39 is 0 Å². The monoisotopic (exact) mass is 214 g/mol. The van der Waals surface area contributed by atoms with Crippen molar-refractivity contribution in [2.75, 3.05) is 46.4 Å². The molecule has 0 bridgehead atoms. The Hall–Kier alpha value is -0.120. The summed E-state index contributed by atoms with van der Waals surface area (Å²) in [5, 5.41) is 3.29. The minimum Gasteiger partial charge on any atom is -0.380 e. The Labute approximate surface area is 94.2 Å². The molecule has 0 amide bonds. The lowest BCUT2D eigenvalue weighted by atomic mass is 9.90. The molecule has 0 aliphatic carbocycles. The largest absolute Gasteiger partial charge is 0.380 e. The first kappa shape index (κ1) is 12.9. The van der Waals surface area contributed by atoms with Gasteiger partial charge in [0, 0.05) is 26.2 Å². The van der Waals surface area contributed by atoms with E-state index in [9.17, 15) is 0 Å². The average molecular weight is 214 g/mol. The van der Waals surface area contributed by atoms with Crippen molar-refractivity contribution in [1.82, 2.24) is 10.2 Å². The van der Waals surface area contributed by atoms with E-state index in [0.29, 0.717) is 5.41 Å². The molecule has 0 aromatic carbocycles. The van der Waals surface area contributed by atoms with Gasteiger partial charge in [-0.2, -0.15) is 0 Å². The third-order valence-corrected chi connectivity index (χ3v) is 3.14. The van der Waals surface area contributed by atoms with Gasteiger partial charge in [0.15, 0.2) is 0 Å². The molecule has 90 valence electrons. The molecule has 0 saturated carbocycles. The molecule has 15 heavy (non-hydrogen) atoms. The first-order valence-corrected chi connectivity index (χ1v) is 6.15. The first-order chi connectivity index (χ1) is 7.20. The Morgan fingerprint density at radius 2 is 2.20 bits per heavy atom. The van der Waals surface area contributed by atoms with E-state index in [1.165, 1.54) is 19.5 Å². The van der Waals surface area contributed by atoms with E-state index in [0.717, 1.165) is 32.7 Å². The number of hydrogen-bond acceptors (Lipinski definition) is 3. The molecule has 0 radical (unpaired) electrons. The first-order valence-electron chi connectivity index (χ1n) is 6.15. The van der Waals surface area contributed by atoms with Gasteiger partial charge >= 0.3 is 0 Å². The fraction of sp³-hybridized carbons (Fsp3) is 1.00. The fourth-order valence-corrected chi connectivity index (χ4v) is 2.33. The van der Waals surface area contributed by atoms with Crippen LogP contribution in [0, 0.1) is 5.41 Å². The van der Waals surface area contributed by atoms with Gasteiger partial charge in [-0.1, -0.05) is 13.8 Å². The average Bonchev–Trinajstić information content (AvgIpc) is 2.56. The molecule has 0 aromatic heterocycles. The van der Waals surface area contributed by atoms with Gasteiger partial charge in [-0.3, -0.25) is 0 Å². The predicted molar refractivity (Wildman–Crippen MR) is 64.2 cm³/mol. The third-order valence-electron chi connectivity index (χ3n) is 3.14. The zero-order valence-electron chi connectivity index (χ0n) is 10.5. The molecule has 3 nitrogen and oxygen atoms in total. The van der Waals surface area contributed by atoms with Gasteiger partial charge in [0.1, 0.15) is 0 Å². The number of nitrogens with one attached hydrogen (secondary N) is 1. The van der Waals surface area contributed by atoms with Gasteiger partial charge in [-0.25, -0.2) is 0 Å². The normalized spacial score (nSPS) is 27.4. The highest BCUT2D eigenvalue weighted by Crippen LogP contribution is 2.28. The maximum atomic E-state index is 5.52. The second-order valence-electron chi connectivity index (χ2n) is 4.98. The van der Waals surface area contributed by atoms with Gasteiger partial charge in [0.05, 0.1) is 6.61 Å². The van der Waals surface area contributed by atoms with Crippen molar-refractivity contribution in [3.8, 4) is 0 Å². The summed E-state index contributed by atoms with van der Waals surface area (Å²) in [5.41, 5.74) is 0.472. The van der Waals surface area contributed by atoms with Crippen LogP contribution in [0.5, 0.6) is 0 Å². The minimum atomic E-state index is 0.472. The highest BCUT2D eigenvalue weighted by Gasteiger charge is 2.32. The van der Waals surface area contributed by atoms with Gasteiger partial charge in [-0.05, 0) is 31.8 Å². The van der Waals surface area contributed by atoms with Crippen molar-refractivity contribution in [3.63, 3.8) is 0 Å². The second-order valence-corrected chi connectivity index (χ2v) is 4.98. The van der Waals surface area contributed by atoms with Crippen LogP contribution < -0.4 is 5.32 Å². The van der Waals surface area contributed by atoms with Crippen molar-refractivity contribution in [1.29, 1.82) is 0 Å². The molecule has 1 atom stereocenters. The van der Waals surface area contributed by atoms with Gasteiger partial charge in [0.2, 0.25) is 0 Å². The maximum Gasteiger partial charge on any atom is 0.0593 e.